The Morgan fingerprint density at radius 2 is 2.29 bits per heavy atom. The number of carbonyl (C=O) groups is 1. The minimum atomic E-state index is 0.154. The predicted molar refractivity (Wildman–Crippen MR) is 70.7 cm³/mol. The van der Waals surface area contributed by atoms with E-state index in [0.717, 1.165) is 19.5 Å². The van der Waals surface area contributed by atoms with Crippen LogP contribution in [-0.4, -0.2) is 43.5 Å². The van der Waals surface area contributed by atoms with Crippen LogP contribution in [0, 0.1) is 5.92 Å². The van der Waals surface area contributed by atoms with Gasteiger partial charge in [-0.3, -0.25) is 4.79 Å². The number of hydrogen-bond donors (Lipinski definition) is 2. The first kappa shape index (κ1) is 14.5. The summed E-state index contributed by atoms with van der Waals surface area (Å²) in [5.41, 5.74) is 5.60. The number of amides is 1. The fraction of sp³-hybridized carbons (Fsp3) is 0.923. The summed E-state index contributed by atoms with van der Waals surface area (Å²) in [6, 6.07) is 0.519. The number of piperidine rings is 1. The Balaban J connectivity index is 2.22. The molecule has 2 atom stereocenters. The van der Waals surface area contributed by atoms with Gasteiger partial charge in [0.2, 0.25) is 5.91 Å². The Morgan fingerprint density at radius 3 is 2.88 bits per heavy atom. The van der Waals surface area contributed by atoms with Crippen LogP contribution in [-0.2, 0) is 4.79 Å². The van der Waals surface area contributed by atoms with Crippen molar-refractivity contribution in [2.24, 2.45) is 11.7 Å². The summed E-state index contributed by atoms with van der Waals surface area (Å²) < 4.78 is 0. The molecule has 0 bridgehead atoms. The molecule has 1 amide bonds. The molecule has 4 heteroatoms. The summed E-state index contributed by atoms with van der Waals surface area (Å²) in [6.07, 6.45) is 5.32. The summed E-state index contributed by atoms with van der Waals surface area (Å²) >= 11 is 0. The molecule has 0 saturated carbocycles. The summed E-state index contributed by atoms with van der Waals surface area (Å²) in [4.78, 5) is 14.1. The normalized spacial score (nSPS) is 23.4. The van der Waals surface area contributed by atoms with E-state index in [1.165, 1.54) is 19.3 Å². The SMILES string of the molecule is CCC(CN)CC(=O)NCC1CCCCN1C. The zero-order chi connectivity index (χ0) is 12.7. The minimum absolute atomic E-state index is 0.154. The topological polar surface area (TPSA) is 58.4 Å². The highest BCUT2D eigenvalue weighted by Crippen LogP contribution is 2.14. The van der Waals surface area contributed by atoms with Crippen molar-refractivity contribution in [2.75, 3.05) is 26.7 Å². The lowest BCUT2D eigenvalue weighted by molar-refractivity contribution is -0.122. The van der Waals surface area contributed by atoms with Gasteiger partial charge < -0.3 is 16.0 Å². The van der Waals surface area contributed by atoms with Crippen molar-refractivity contribution in [1.82, 2.24) is 10.2 Å². The first-order valence-corrected chi connectivity index (χ1v) is 6.84. The largest absolute Gasteiger partial charge is 0.355 e. The molecule has 1 rings (SSSR count). The fourth-order valence-corrected chi connectivity index (χ4v) is 2.36. The van der Waals surface area contributed by atoms with Crippen LogP contribution >= 0.6 is 0 Å². The highest BCUT2D eigenvalue weighted by atomic mass is 16.1. The van der Waals surface area contributed by atoms with Crippen molar-refractivity contribution in [3.8, 4) is 0 Å². The van der Waals surface area contributed by atoms with E-state index in [9.17, 15) is 4.79 Å². The molecule has 1 saturated heterocycles. The molecule has 0 aliphatic carbocycles. The second-order valence-corrected chi connectivity index (χ2v) is 5.15. The Labute approximate surface area is 105 Å². The molecule has 0 aromatic carbocycles. The van der Waals surface area contributed by atoms with Crippen molar-refractivity contribution in [1.29, 1.82) is 0 Å². The molecule has 1 aliphatic heterocycles. The maximum Gasteiger partial charge on any atom is 0.220 e. The van der Waals surface area contributed by atoms with E-state index in [0.29, 0.717) is 24.9 Å². The first-order chi connectivity index (χ1) is 8.17. The van der Waals surface area contributed by atoms with Crippen molar-refractivity contribution in [3.63, 3.8) is 0 Å². The van der Waals surface area contributed by atoms with Crippen molar-refractivity contribution in [3.05, 3.63) is 0 Å². The van der Waals surface area contributed by atoms with Gasteiger partial charge in [0.25, 0.3) is 0 Å². The molecule has 3 N–H and O–H groups in total. The average Bonchev–Trinajstić information content (AvgIpc) is 2.35. The van der Waals surface area contributed by atoms with E-state index >= 15 is 0 Å². The predicted octanol–water partition coefficient (Wildman–Crippen LogP) is 0.962. The van der Waals surface area contributed by atoms with Crippen LogP contribution < -0.4 is 11.1 Å². The maximum absolute atomic E-state index is 11.7. The lowest BCUT2D eigenvalue weighted by Gasteiger charge is -2.32. The highest BCUT2D eigenvalue weighted by molar-refractivity contribution is 5.76. The average molecular weight is 241 g/mol. The molecule has 0 aromatic rings. The van der Waals surface area contributed by atoms with Crippen LogP contribution in [0.1, 0.15) is 39.0 Å². The van der Waals surface area contributed by atoms with Gasteiger partial charge in [-0.1, -0.05) is 19.8 Å². The summed E-state index contributed by atoms with van der Waals surface area (Å²) in [5, 5.41) is 3.05. The van der Waals surface area contributed by atoms with E-state index in [4.69, 9.17) is 5.73 Å². The van der Waals surface area contributed by atoms with Crippen molar-refractivity contribution >= 4 is 5.91 Å². The molecule has 0 radical (unpaired) electrons. The number of likely N-dealkylation sites (N-methyl/N-ethyl adjacent to an activating group) is 1. The molecule has 2 unspecified atom stereocenters. The Kier molecular flexibility index (Phi) is 6.52. The molecule has 0 spiro atoms. The van der Waals surface area contributed by atoms with Crippen molar-refractivity contribution < 1.29 is 4.79 Å². The number of hydrogen-bond acceptors (Lipinski definition) is 3. The molecule has 1 aliphatic rings. The molecule has 1 fully saturated rings. The molecule has 100 valence electrons. The van der Waals surface area contributed by atoms with Crippen LogP contribution in [0.5, 0.6) is 0 Å². The van der Waals surface area contributed by atoms with Gasteiger partial charge >= 0.3 is 0 Å². The molecular formula is C13H27N3O. The molecule has 17 heavy (non-hydrogen) atoms. The highest BCUT2D eigenvalue weighted by Gasteiger charge is 2.19. The number of nitrogens with two attached hydrogens (primary N) is 1. The lowest BCUT2D eigenvalue weighted by atomic mass is 10.0. The Morgan fingerprint density at radius 1 is 1.53 bits per heavy atom. The first-order valence-electron chi connectivity index (χ1n) is 6.84. The van der Waals surface area contributed by atoms with Crippen LogP contribution in [0.4, 0.5) is 0 Å². The van der Waals surface area contributed by atoms with Gasteiger partial charge in [0, 0.05) is 19.0 Å². The Bertz CT molecular complexity index is 229. The van der Waals surface area contributed by atoms with Gasteiger partial charge in [0.1, 0.15) is 0 Å². The van der Waals surface area contributed by atoms with E-state index in [1.807, 2.05) is 0 Å². The van der Waals surface area contributed by atoms with Crippen LogP contribution in [0.25, 0.3) is 0 Å². The minimum Gasteiger partial charge on any atom is -0.355 e. The Hall–Kier alpha value is -0.610. The van der Waals surface area contributed by atoms with Gasteiger partial charge in [-0.2, -0.15) is 0 Å². The molecule has 0 aromatic heterocycles. The molecule has 1 heterocycles. The number of likely N-dealkylation sites (tertiary alicyclic amines) is 1. The zero-order valence-electron chi connectivity index (χ0n) is 11.2. The number of rotatable bonds is 6. The van der Waals surface area contributed by atoms with Gasteiger partial charge in [-0.25, -0.2) is 0 Å². The van der Waals surface area contributed by atoms with Gasteiger partial charge in [0.05, 0.1) is 0 Å². The smallest absolute Gasteiger partial charge is 0.220 e. The zero-order valence-corrected chi connectivity index (χ0v) is 11.2. The van der Waals surface area contributed by atoms with E-state index < -0.39 is 0 Å². The van der Waals surface area contributed by atoms with Gasteiger partial charge in [0.15, 0.2) is 0 Å². The van der Waals surface area contributed by atoms with E-state index in [1.54, 1.807) is 0 Å². The molecule has 4 nitrogen and oxygen atoms in total. The summed E-state index contributed by atoms with van der Waals surface area (Å²) in [6.45, 7) is 4.63. The third-order valence-electron chi connectivity index (χ3n) is 3.84. The lowest BCUT2D eigenvalue weighted by Crippen LogP contribution is -2.44. The van der Waals surface area contributed by atoms with E-state index in [-0.39, 0.29) is 5.91 Å². The van der Waals surface area contributed by atoms with Crippen LogP contribution in [0.3, 0.4) is 0 Å². The quantitative estimate of drug-likeness (QED) is 0.728. The number of carbonyl (C=O) groups excluding carboxylic acids is 1. The molecular weight excluding hydrogens is 214 g/mol. The second kappa shape index (κ2) is 7.67. The summed E-state index contributed by atoms with van der Waals surface area (Å²) in [7, 11) is 2.14. The third-order valence-corrected chi connectivity index (χ3v) is 3.84. The van der Waals surface area contributed by atoms with Crippen LogP contribution in [0.2, 0.25) is 0 Å². The third kappa shape index (κ3) is 5.04. The van der Waals surface area contributed by atoms with Crippen molar-refractivity contribution in [2.45, 2.75) is 45.1 Å². The monoisotopic (exact) mass is 241 g/mol. The summed E-state index contributed by atoms with van der Waals surface area (Å²) in [5.74, 6) is 0.486. The number of nitrogens with zero attached hydrogens (tertiary/aromatic N) is 1. The van der Waals surface area contributed by atoms with Gasteiger partial charge in [-0.05, 0) is 38.9 Å². The standard InChI is InChI=1S/C13H27N3O/c1-3-11(9-14)8-13(17)15-10-12-6-4-5-7-16(12)2/h11-12H,3-10,14H2,1-2H3,(H,15,17). The number of nitrogens with one attached hydrogen (secondary N) is 1. The van der Waals surface area contributed by atoms with E-state index in [2.05, 4.69) is 24.2 Å². The maximum atomic E-state index is 11.7. The second-order valence-electron chi connectivity index (χ2n) is 5.15. The van der Waals surface area contributed by atoms with Crippen LogP contribution in [0.15, 0.2) is 0 Å². The fourth-order valence-electron chi connectivity index (χ4n) is 2.36. The van der Waals surface area contributed by atoms with Gasteiger partial charge in [-0.15, -0.1) is 0 Å².